The molecule has 0 saturated heterocycles. The predicted molar refractivity (Wildman–Crippen MR) is 96.2 cm³/mol. The molecule has 0 aliphatic heterocycles. The van der Waals surface area contributed by atoms with Crippen molar-refractivity contribution in [2.24, 2.45) is 10.6 Å². The van der Waals surface area contributed by atoms with Crippen LogP contribution in [0.4, 0.5) is 0 Å². The average molecular weight is 354 g/mol. The highest BCUT2D eigenvalue weighted by Gasteiger charge is 2.43. The highest BCUT2D eigenvalue weighted by atomic mass is 32.2. The summed E-state index contributed by atoms with van der Waals surface area (Å²) in [6.07, 6.45) is 8.11. The summed E-state index contributed by atoms with van der Waals surface area (Å²) in [6.45, 7) is 0. The molecule has 1 saturated carbocycles. The zero-order chi connectivity index (χ0) is 17.7. The molecule has 1 aromatic carbocycles. The minimum atomic E-state index is -3.74. The van der Waals surface area contributed by atoms with Gasteiger partial charge in [0.25, 0.3) is 0 Å². The van der Waals surface area contributed by atoms with Crippen molar-refractivity contribution < 1.29 is 13.2 Å². The molecule has 2 aliphatic rings. The minimum Gasteiger partial charge on any atom is -0.497 e. The van der Waals surface area contributed by atoms with Gasteiger partial charge in [0.15, 0.2) is 0 Å². The van der Waals surface area contributed by atoms with E-state index < -0.39 is 10.0 Å². The molecule has 6 heteroatoms. The number of nitrogens with zero attached hydrogens (tertiary/aromatic N) is 1. The van der Waals surface area contributed by atoms with E-state index >= 15 is 0 Å². The molecule has 1 aromatic heterocycles. The van der Waals surface area contributed by atoms with Crippen molar-refractivity contribution in [3.8, 4) is 5.75 Å². The Morgan fingerprint density at radius 2 is 1.72 bits per heavy atom. The normalized spacial score (nSPS) is 18.0. The van der Waals surface area contributed by atoms with Crippen LogP contribution in [0.15, 0.2) is 59.6 Å². The molecule has 25 heavy (non-hydrogen) atoms. The Kier molecular flexibility index (Phi) is 3.56. The molecule has 128 valence electrons. The van der Waals surface area contributed by atoms with Crippen LogP contribution in [-0.2, 0) is 10.0 Å². The van der Waals surface area contributed by atoms with Crippen molar-refractivity contribution in [1.29, 1.82) is 0 Å². The Labute approximate surface area is 146 Å². The first-order valence-corrected chi connectivity index (χ1v) is 9.55. The standard InChI is InChI=1S/C19H18N2O3S/c1-24-14-4-2-13(3-5-14)16-10-19(8-9-19)11-17(16)18-7-6-15(12-21-18)25(20,22)23/h2-7,10-12H,8-9H2,1H3,(H2,20,22,23). The number of ether oxygens (including phenoxy) is 1. The van der Waals surface area contributed by atoms with Gasteiger partial charge in [-0.1, -0.05) is 24.3 Å². The number of pyridine rings is 1. The lowest BCUT2D eigenvalue weighted by molar-refractivity contribution is 0.415. The largest absolute Gasteiger partial charge is 0.497 e. The average Bonchev–Trinajstić information content (AvgIpc) is 3.25. The van der Waals surface area contributed by atoms with E-state index in [9.17, 15) is 8.42 Å². The van der Waals surface area contributed by atoms with E-state index in [2.05, 4.69) is 17.1 Å². The van der Waals surface area contributed by atoms with Crippen LogP contribution in [0, 0.1) is 5.41 Å². The van der Waals surface area contributed by atoms with Gasteiger partial charge in [-0.3, -0.25) is 4.98 Å². The number of sulfonamides is 1. The lowest BCUT2D eigenvalue weighted by Crippen LogP contribution is -2.12. The van der Waals surface area contributed by atoms with Gasteiger partial charge in [0, 0.05) is 17.2 Å². The van der Waals surface area contributed by atoms with Gasteiger partial charge in [-0.2, -0.15) is 0 Å². The molecular formula is C19H18N2O3S. The van der Waals surface area contributed by atoms with Crippen LogP contribution in [0.25, 0.3) is 11.1 Å². The van der Waals surface area contributed by atoms with Gasteiger partial charge in [-0.15, -0.1) is 0 Å². The molecule has 1 fully saturated rings. The first-order chi connectivity index (χ1) is 11.9. The van der Waals surface area contributed by atoms with Crippen LogP contribution >= 0.6 is 0 Å². The van der Waals surface area contributed by atoms with Gasteiger partial charge < -0.3 is 4.74 Å². The molecule has 1 heterocycles. The Morgan fingerprint density at radius 3 is 2.24 bits per heavy atom. The molecule has 1 spiro atoms. The molecule has 4 rings (SSSR count). The summed E-state index contributed by atoms with van der Waals surface area (Å²) in [5.41, 5.74) is 4.12. The van der Waals surface area contributed by atoms with Crippen molar-refractivity contribution in [2.45, 2.75) is 17.7 Å². The molecule has 0 unspecified atom stereocenters. The fourth-order valence-electron chi connectivity index (χ4n) is 3.13. The van der Waals surface area contributed by atoms with Gasteiger partial charge in [0.2, 0.25) is 10.0 Å². The second-order valence-electron chi connectivity index (χ2n) is 6.50. The van der Waals surface area contributed by atoms with E-state index in [0.717, 1.165) is 41.0 Å². The quantitative estimate of drug-likeness (QED) is 0.915. The third kappa shape index (κ3) is 2.99. The molecule has 5 nitrogen and oxygen atoms in total. The van der Waals surface area contributed by atoms with Crippen molar-refractivity contribution in [3.05, 3.63) is 66.0 Å². The first kappa shape index (κ1) is 16.1. The lowest BCUT2D eigenvalue weighted by atomic mass is 9.98. The maximum atomic E-state index is 11.4. The number of nitrogens with two attached hydrogens (primary N) is 1. The maximum Gasteiger partial charge on any atom is 0.239 e. The zero-order valence-corrected chi connectivity index (χ0v) is 14.6. The number of methoxy groups -OCH3 is 1. The molecule has 0 atom stereocenters. The fourth-order valence-corrected chi connectivity index (χ4v) is 3.59. The van der Waals surface area contributed by atoms with Crippen molar-refractivity contribution in [1.82, 2.24) is 4.98 Å². The summed E-state index contributed by atoms with van der Waals surface area (Å²) in [7, 11) is -2.09. The maximum absolute atomic E-state index is 11.4. The molecule has 0 amide bonds. The topological polar surface area (TPSA) is 82.3 Å². The molecule has 2 N–H and O–H groups in total. The van der Waals surface area contributed by atoms with E-state index in [1.165, 1.54) is 12.3 Å². The minimum absolute atomic E-state index is 0.0194. The third-order valence-corrected chi connectivity index (χ3v) is 5.62. The third-order valence-electron chi connectivity index (χ3n) is 4.72. The van der Waals surface area contributed by atoms with Crippen molar-refractivity contribution in [2.75, 3.05) is 7.11 Å². The van der Waals surface area contributed by atoms with Crippen LogP contribution in [-0.4, -0.2) is 20.5 Å². The number of benzene rings is 1. The van der Waals surface area contributed by atoms with E-state index in [4.69, 9.17) is 9.88 Å². The van der Waals surface area contributed by atoms with Crippen LogP contribution < -0.4 is 9.88 Å². The van der Waals surface area contributed by atoms with Crippen LogP contribution in [0.3, 0.4) is 0 Å². The smallest absolute Gasteiger partial charge is 0.239 e. The van der Waals surface area contributed by atoms with E-state index in [-0.39, 0.29) is 10.3 Å². The van der Waals surface area contributed by atoms with E-state index in [1.807, 2.05) is 24.3 Å². The number of hydrogen-bond acceptors (Lipinski definition) is 4. The van der Waals surface area contributed by atoms with Gasteiger partial charge in [-0.05, 0) is 48.2 Å². The molecule has 0 radical (unpaired) electrons. The van der Waals surface area contributed by atoms with Crippen molar-refractivity contribution >= 4 is 21.2 Å². The molecular weight excluding hydrogens is 336 g/mol. The van der Waals surface area contributed by atoms with Gasteiger partial charge in [-0.25, -0.2) is 13.6 Å². The molecule has 0 bridgehead atoms. The number of aromatic nitrogens is 1. The Bertz CT molecular complexity index is 984. The summed E-state index contributed by atoms with van der Waals surface area (Å²) in [6, 6.07) is 11.1. The number of hydrogen-bond donors (Lipinski definition) is 1. The summed E-state index contributed by atoms with van der Waals surface area (Å²) in [5.74, 6) is 0.810. The van der Waals surface area contributed by atoms with Gasteiger partial charge in [0.1, 0.15) is 10.6 Å². The second-order valence-corrected chi connectivity index (χ2v) is 8.06. The Morgan fingerprint density at radius 1 is 1.04 bits per heavy atom. The Hall–Kier alpha value is -2.44. The Balaban J connectivity index is 1.73. The van der Waals surface area contributed by atoms with Gasteiger partial charge >= 0.3 is 0 Å². The zero-order valence-electron chi connectivity index (χ0n) is 13.8. The number of rotatable bonds is 4. The van der Waals surface area contributed by atoms with Crippen LogP contribution in [0.1, 0.15) is 24.1 Å². The second kappa shape index (κ2) is 5.54. The number of allylic oxidation sites excluding steroid dienone is 4. The predicted octanol–water partition coefficient (Wildman–Crippen LogP) is 3.00. The monoisotopic (exact) mass is 354 g/mol. The molecule has 2 aliphatic carbocycles. The highest BCUT2D eigenvalue weighted by molar-refractivity contribution is 7.89. The highest BCUT2D eigenvalue weighted by Crippen LogP contribution is 2.57. The molecule has 2 aromatic rings. The fraction of sp³-hybridized carbons (Fsp3) is 0.211. The van der Waals surface area contributed by atoms with Gasteiger partial charge in [0.05, 0.1) is 12.8 Å². The number of primary sulfonamides is 1. The van der Waals surface area contributed by atoms with E-state index in [1.54, 1.807) is 13.2 Å². The first-order valence-electron chi connectivity index (χ1n) is 8.00. The summed E-state index contributed by atoms with van der Waals surface area (Å²) in [5, 5.41) is 5.15. The lowest BCUT2D eigenvalue weighted by Gasteiger charge is -2.10. The summed E-state index contributed by atoms with van der Waals surface area (Å²) in [4.78, 5) is 4.36. The SMILES string of the molecule is COc1ccc(C2=CC3(C=C2c2ccc(S(N)(=O)=O)cn2)CC3)cc1. The van der Waals surface area contributed by atoms with E-state index in [0.29, 0.717) is 0 Å². The summed E-state index contributed by atoms with van der Waals surface area (Å²) < 4.78 is 28.1. The van der Waals surface area contributed by atoms with Crippen molar-refractivity contribution in [3.63, 3.8) is 0 Å². The van der Waals surface area contributed by atoms with Crippen LogP contribution in [0.5, 0.6) is 5.75 Å². The van der Waals surface area contributed by atoms with Crippen LogP contribution in [0.2, 0.25) is 0 Å². The summed E-state index contributed by atoms with van der Waals surface area (Å²) >= 11 is 0.